The fourth-order valence-corrected chi connectivity index (χ4v) is 2.91. The largest absolute Gasteiger partial charge is 0.497 e. The lowest BCUT2D eigenvalue weighted by molar-refractivity contribution is -0.141. The van der Waals surface area contributed by atoms with Gasteiger partial charge in [0.15, 0.2) is 3.23 Å². The Labute approximate surface area is 135 Å². The van der Waals surface area contributed by atoms with E-state index in [1.807, 2.05) is 24.3 Å². The van der Waals surface area contributed by atoms with Crippen LogP contribution < -0.4 is 10.1 Å². The molecule has 1 unspecified atom stereocenters. The molecule has 0 fully saturated rings. The molecular weight excluding hydrogens is 390 g/mol. The van der Waals surface area contributed by atoms with Crippen LogP contribution in [0.15, 0.2) is 36.9 Å². The number of methoxy groups -OCH3 is 2. The maximum Gasteiger partial charge on any atom is 0.335 e. The van der Waals surface area contributed by atoms with Crippen molar-refractivity contribution in [3.63, 3.8) is 0 Å². The number of carbonyl (C=O) groups excluding carboxylic acids is 1. The highest BCUT2D eigenvalue weighted by atomic mass is 79.9. The van der Waals surface area contributed by atoms with Crippen molar-refractivity contribution in [1.82, 2.24) is 5.32 Å². The topological polar surface area (TPSA) is 47.6 Å². The summed E-state index contributed by atoms with van der Waals surface area (Å²) in [5.74, 6) is 0.287. The van der Waals surface area contributed by atoms with E-state index in [-0.39, 0.29) is 6.04 Å². The van der Waals surface area contributed by atoms with E-state index in [0.717, 1.165) is 5.56 Å². The van der Waals surface area contributed by atoms with E-state index in [1.54, 1.807) is 13.2 Å². The molecule has 0 aromatic heterocycles. The van der Waals surface area contributed by atoms with Crippen LogP contribution in [0.5, 0.6) is 5.75 Å². The standard InChI is InChI=1S/C14H17Br2NO3/c1-4-8-17-12(14(15,16)13(18)20-3)10-6-5-7-11(9-10)19-2/h4-7,9,12,17H,1,8H2,2-3H3. The Morgan fingerprint density at radius 2 is 2.20 bits per heavy atom. The van der Waals surface area contributed by atoms with Crippen LogP contribution in [0.1, 0.15) is 11.6 Å². The highest BCUT2D eigenvalue weighted by molar-refractivity contribution is 9.26. The van der Waals surface area contributed by atoms with Gasteiger partial charge in [-0.25, -0.2) is 4.79 Å². The van der Waals surface area contributed by atoms with Crippen LogP contribution in [-0.2, 0) is 9.53 Å². The SMILES string of the molecule is C=CCNC(c1cccc(OC)c1)C(Br)(Br)C(=O)OC. The lowest BCUT2D eigenvalue weighted by atomic mass is 10.0. The van der Waals surface area contributed by atoms with Gasteiger partial charge in [0.2, 0.25) is 0 Å². The van der Waals surface area contributed by atoms with Gasteiger partial charge in [-0.3, -0.25) is 0 Å². The highest BCUT2D eigenvalue weighted by Crippen LogP contribution is 2.41. The normalized spacial score (nSPS) is 12.6. The van der Waals surface area contributed by atoms with Crippen LogP contribution in [0, 0.1) is 0 Å². The lowest BCUT2D eigenvalue weighted by Crippen LogP contribution is -2.41. The van der Waals surface area contributed by atoms with Gasteiger partial charge in [-0.2, -0.15) is 0 Å². The van der Waals surface area contributed by atoms with Gasteiger partial charge < -0.3 is 14.8 Å². The number of nitrogens with one attached hydrogen (secondary N) is 1. The van der Waals surface area contributed by atoms with E-state index in [1.165, 1.54) is 7.11 Å². The van der Waals surface area contributed by atoms with Crippen LogP contribution in [0.4, 0.5) is 0 Å². The molecule has 1 aromatic carbocycles. The fourth-order valence-electron chi connectivity index (χ4n) is 1.73. The van der Waals surface area contributed by atoms with Gasteiger partial charge in [0, 0.05) is 6.54 Å². The van der Waals surface area contributed by atoms with Crippen molar-refractivity contribution >= 4 is 37.8 Å². The Morgan fingerprint density at radius 3 is 2.75 bits per heavy atom. The van der Waals surface area contributed by atoms with Gasteiger partial charge >= 0.3 is 5.97 Å². The molecule has 0 radical (unpaired) electrons. The summed E-state index contributed by atoms with van der Waals surface area (Å²) in [5, 5.41) is 3.22. The van der Waals surface area contributed by atoms with E-state index in [4.69, 9.17) is 9.47 Å². The van der Waals surface area contributed by atoms with Crippen molar-refractivity contribution in [3.05, 3.63) is 42.5 Å². The van der Waals surface area contributed by atoms with Gasteiger partial charge in [0.05, 0.1) is 20.3 Å². The zero-order valence-corrected chi connectivity index (χ0v) is 14.5. The second-order valence-electron chi connectivity index (χ2n) is 4.02. The van der Waals surface area contributed by atoms with Crippen molar-refractivity contribution in [3.8, 4) is 5.75 Å². The summed E-state index contributed by atoms with van der Waals surface area (Å²) < 4.78 is 8.96. The summed E-state index contributed by atoms with van der Waals surface area (Å²) in [5.41, 5.74) is 0.880. The molecule has 1 atom stereocenters. The number of carbonyl (C=O) groups is 1. The van der Waals surface area contributed by atoms with E-state index in [9.17, 15) is 4.79 Å². The van der Waals surface area contributed by atoms with E-state index in [0.29, 0.717) is 12.3 Å². The van der Waals surface area contributed by atoms with Crippen molar-refractivity contribution in [2.24, 2.45) is 0 Å². The third-order valence-electron chi connectivity index (χ3n) is 2.71. The Morgan fingerprint density at radius 1 is 1.50 bits per heavy atom. The highest BCUT2D eigenvalue weighted by Gasteiger charge is 2.43. The molecule has 0 heterocycles. The second-order valence-corrected chi connectivity index (χ2v) is 7.59. The summed E-state index contributed by atoms with van der Waals surface area (Å²) in [4.78, 5) is 12.0. The molecule has 0 saturated carbocycles. The molecule has 1 aromatic rings. The van der Waals surface area contributed by atoms with Crippen LogP contribution >= 0.6 is 31.9 Å². The van der Waals surface area contributed by atoms with Gasteiger partial charge in [-0.15, -0.1) is 6.58 Å². The molecule has 0 aliphatic rings. The lowest BCUT2D eigenvalue weighted by Gasteiger charge is -2.29. The van der Waals surface area contributed by atoms with Crippen molar-refractivity contribution in [2.45, 2.75) is 9.28 Å². The number of alkyl halides is 2. The molecule has 0 saturated heterocycles. The first kappa shape index (κ1) is 17.2. The monoisotopic (exact) mass is 405 g/mol. The zero-order chi connectivity index (χ0) is 15.2. The number of benzene rings is 1. The van der Waals surface area contributed by atoms with Crippen molar-refractivity contribution in [2.75, 3.05) is 20.8 Å². The summed E-state index contributed by atoms with van der Waals surface area (Å²) in [6.07, 6.45) is 1.72. The van der Waals surface area contributed by atoms with Crippen molar-refractivity contribution in [1.29, 1.82) is 0 Å². The minimum Gasteiger partial charge on any atom is -0.497 e. The van der Waals surface area contributed by atoms with Crippen molar-refractivity contribution < 1.29 is 14.3 Å². The molecule has 6 heteroatoms. The van der Waals surface area contributed by atoms with Gasteiger partial charge in [0.1, 0.15) is 5.75 Å². The van der Waals surface area contributed by atoms with Gasteiger partial charge in [-0.05, 0) is 17.7 Å². The predicted octanol–water partition coefficient (Wildman–Crippen LogP) is 3.17. The van der Waals surface area contributed by atoms with Crippen LogP contribution in [0.3, 0.4) is 0 Å². The van der Waals surface area contributed by atoms with Gasteiger partial charge in [0.25, 0.3) is 0 Å². The average Bonchev–Trinajstić information content (AvgIpc) is 2.46. The smallest absolute Gasteiger partial charge is 0.335 e. The number of esters is 1. The van der Waals surface area contributed by atoms with Crippen LogP contribution in [0.25, 0.3) is 0 Å². The van der Waals surface area contributed by atoms with E-state index >= 15 is 0 Å². The first-order valence-electron chi connectivity index (χ1n) is 5.91. The molecule has 0 spiro atoms. The molecule has 20 heavy (non-hydrogen) atoms. The Hall–Kier alpha value is -0.850. The maximum absolute atomic E-state index is 12.0. The fraction of sp³-hybridized carbons (Fsp3) is 0.357. The first-order valence-corrected chi connectivity index (χ1v) is 7.50. The molecular formula is C14H17Br2NO3. The molecule has 0 aliphatic carbocycles. The molecule has 0 aliphatic heterocycles. The van der Waals surface area contributed by atoms with Gasteiger partial charge in [-0.1, -0.05) is 50.1 Å². The molecule has 1 N–H and O–H groups in total. The molecule has 0 amide bonds. The zero-order valence-electron chi connectivity index (χ0n) is 11.4. The quantitative estimate of drug-likeness (QED) is 0.429. The Balaban J connectivity index is 3.16. The third-order valence-corrected chi connectivity index (χ3v) is 4.28. The third kappa shape index (κ3) is 4.07. The van der Waals surface area contributed by atoms with Crippen LogP contribution in [0.2, 0.25) is 0 Å². The second kappa shape index (κ2) is 7.81. The average molecular weight is 407 g/mol. The molecule has 110 valence electrons. The van der Waals surface area contributed by atoms with E-state index < -0.39 is 9.20 Å². The summed E-state index contributed by atoms with van der Waals surface area (Å²) in [7, 11) is 2.94. The molecule has 1 rings (SSSR count). The van der Waals surface area contributed by atoms with Crippen LogP contribution in [-0.4, -0.2) is 30.0 Å². The Kier molecular flexibility index (Phi) is 6.71. The number of hydrogen-bond acceptors (Lipinski definition) is 4. The number of halogens is 2. The molecule has 0 bridgehead atoms. The van der Waals surface area contributed by atoms with E-state index in [2.05, 4.69) is 43.8 Å². The number of hydrogen-bond donors (Lipinski definition) is 1. The Bertz CT molecular complexity index is 477. The number of ether oxygens (including phenoxy) is 2. The first-order chi connectivity index (χ1) is 9.47. The predicted molar refractivity (Wildman–Crippen MR) is 86.5 cm³/mol. The summed E-state index contributed by atoms with van der Waals surface area (Å²) in [6.45, 7) is 4.21. The minimum absolute atomic E-state index is 0.358. The molecule has 4 nitrogen and oxygen atoms in total. The maximum atomic E-state index is 12.0. The summed E-state index contributed by atoms with van der Waals surface area (Å²) in [6, 6.07) is 7.12. The number of rotatable bonds is 7. The minimum atomic E-state index is -1.08. The summed E-state index contributed by atoms with van der Waals surface area (Å²) >= 11 is 6.78.